The van der Waals surface area contributed by atoms with Gasteiger partial charge in [-0.3, -0.25) is 0 Å². The van der Waals surface area contributed by atoms with Gasteiger partial charge < -0.3 is 15.5 Å². The number of hydrogen-bond acceptors (Lipinski definition) is 3. The van der Waals surface area contributed by atoms with E-state index in [-0.39, 0.29) is 6.04 Å². The summed E-state index contributed by atoms with van der Waals surface area (Å²) in [7, 11) is 2.20. The smallest absolute Gasteiger partial charge is 0.0367 e. The van der Waals surface area contributed by atoms with E-state index in [9.17, 15) is 0 Å². The van der Waals surface area contributed by atoms with Crippen molar-refractivity contribution in [3.63, 3.8) is 0 Å². The fourth-order valence-corrected chi connectivity index (χ4v) is 2.45. The van der Waals surface area contributed by atoms with Gasteiger partial charge >= 0.3 is 0 Å². The summed E-state index contributed by atoms with van der Waals surface area (Å²) >= 11 is 0. The largest absolute Gasteiger partial charge is 0.369 e. The third-order valence-corrected chi connectivity index (χ3v) is 4.09. The van der Waals surface area contributed by atoms with Crippen molar-refractivity contribution in [1.29, 1.82) is 0 Å². The zero-order valence-electron chi connectivity index (χ0n) is 11.8. The first-order chi connectivity index (χ1) is 8.61. The van der Waals surface area contributed by atoms with Gasteiger partial charge in [-0.1, -0.05) is 19.1 Å². The highest BCUT2D eigenvalue weighted by atomic mass is 15.3. The van der Waals surface area contributed by atoms with E-state index < -0.39 is 0 Å². The van der Waals surface area contributed by atoms with Crippen molar-refractivity contribution in [1.82, 2.24) is 4.90 Å². The third-order valence-electron chi connectivity index (χ3n) is 4.09. The minimum atomic E-state index is 0.172. The van der Waals surface area contributed by atoms with Gasteiger partial charge in [-0.05, 0) is 38.1 Å². The van der Waals surface area contributed by atoms with Gasteiger partial charge in [0.05, 0.1) is 0 Å². The molecule has 0 amide bonds. The summed E-state index contributed by atoms with van der Waals surface area (Å²) in [4.78, 5) is 4.88. The van der Waals surface area contributed by atoms with Crippen LogP contribution in [0.5, 0.6) is 0 Å². The van der Waals surface area contributed by atoms with E-state index in [0.717, 1.165) is 26.1 Å². The van der Waals surface area contributed by atoms with Crippen LogP contribution in [0.15, 0.2) is 24.3 Å². The van der Waals surface area contributed by atoms with Crippen molar-refractivity contribution in [2.24, 2.45) is 5.73 Å². The molecular formula is C15H25N3. The molecule has 1 aromatic rings. The highest BCUT2D eigenvalue weighted by Crippen LogP contribution is 2.21. The Labute approximate surface area is 111 Å². The molecule has 3 heteroatoms. The lowest BCUT2D eigenvalue weighted by atomic mass is 10.0. The zero-order valence-corrected chi connectivity index (χ0v) is 11.8. The molecule has 0 aliphatic carbocycles. The molecule has 0 aromatic heterocycles. The normalized spacial score (nSPS) is 23.1. The maximum Gasteiger partial charge on any atom is 0.0367 e. The van der Waals surface area contributed by atoms with E-state index in [2.05, 4.69) is 55.0 Å². The van der Waals surface area contributed by atoms with E-state index in [4.69, 9.17) is 5.73 Å². The number of rotatable bonds is 3. The van der Waals surface area contributed by atoms with E-state index in [1.807, 2.05) is 0 Å². The summed E-state index contributed by atoms with van der Waals surface area (Å²) in [5.41, 5.74) is 8.60. The van der Waals surface area contributed by atoms with E-state index in [0.29, 0.717) is 6.04 Å². The third kappa shape index (κ3) is 2.85. The van der Waals surface area contributed by atoms with Crippen molar-refractivity contribution in [3.8, 4) is 0 Å². The lowest BCUT2D eigenvalue weighted by Crippen LogP contribution is -2.50. The molecular weight excluding hydrogens is 222 g/mol. The predicted octanol–water partition coefficient (Wildman–Crippen LogP) is 2.24. The second kappa shape index (κ2) is 5.72. The van der Waals surface area contributed by atoms with Crippen LogP contribution in [0, 0.1) is 0 Å². The van der Waals surface area contributed by atoms with Crippen LogP contribution in [0.4, 0.5) is 5.69 Å². The molecule has 0 bridgehead atoms. The predicted molar refractivity (Wildman–Crippen MR) is 78.0 cm³/mol. The fraction of sp³-hybridized carbons (Fsp3) is 0.600. The second-order valence-electron chi connectivity index (χ2n) is 5.38. The van der Waals surface area contributed by atoms with Crippen LogP contribution >= 0.6 is 0 Å². The molecule has 2 rings (SSSR count). The number of anilines is 1. The first-order valence-corrected chi connectivity index (χ1v) is 6.92. The Morgan fingerprint density at radius 3 is 2.50 bits per heavy atom. The van der Waals surface area contributed by atoms with Gasteiger partial charge in [0, 0.05) is 37.4 Å². The summed E-state index contributed by atoms with van der Waals surface area (Å²) in [5, 5.41) is 0. The van der Waals surface area contributed by atoms with E-state index in [1.165, 1.54) is 11.3 Å². The average Bonchev–Trinajstić information content (AvgIpc) is 2.41. The van der Waals surface area contributed by atoms with Gasteiger partial charge in [0.15, 0.2) is 0 Å². The van der Waals surface area contributed by atoms with Crippen LogP contribution in [-0.2, 0) is 0 Å². The number of hydrogen-bond donors (Lipinski definition) is 1. The number of nitrogens with two attached hydrogens (primary N) is 1. The summed E-state index contributed by atoms with van der Waals surface area (Å²) in [5.74, 6) is 0. The van der Waals surface area contributed by atoms with Crippen LogP contribution in [0.3, 0.4) is 0 Å². The molecule has 0 saturated carbocycles. The molecule has 2 atom stereocenters. The Hall–Kier alpha value is -1.06. The first kappa shape index (κ1) is 13.4. The minimum Gasteiger partial charge on any atom is -0.369 e. The van der Waals surface area contributed by atoms with Gasteiger partial charge in [0.1, 0.15) is 0 Å². The molecule has 2 N–H and O–H groups in total. The van der Waals surface area contributed by atoms with Crippen LogP contribution in [0.2, 0.25) is 0 Å². The van der Waals surface area contributed by atoms with Gasteiger partial charge in [-0.2, -0.15) is 0 Å². The molecule has 0 radical (unpaired) electrons. The SMILES string of the molecule is CC[C@@H](N)c1ccc(N2CCN(C)C(C)C2)cc1. The van der Waals surface area contributed by atoms with Crippen molar-refractivity contribution in [2.75, 3.05) is 31.6 Å². The van der Waals surface area contributed by atoms with Crippen molar-refractivity contribution in [2.45, 2.75) is 32.4 Å². The number of likely N-dealkylation sites (N-methyl/N-ethyl adjacent to an activating group) is 1. The summed E-state index contributed by atoms with van der Waals surface area (Å²) in [6, 6.07) is 9.56. The Morgan fingerprint density at radius 1 is 1.28 bits per heavy atom. The van der Waals surface area contributed by atoms with Crippen molar-refractivity contribution >= 4 is 5.69 Å². The van der Waals surface area contributed by atoms with E-state index in [1.54, 1.807) is 0 Å². The van der Waals surface area contributed by atoms with Gasteiger partial charge in [-0.25, -0.2) is 0 Å². The van der Waals surface area contributed by atoms with Gasteiger partial charge in [0.25, 0.3) is 0 Å². The Morgan fingerprint density at radius 2 is 1.94 bits per heavy atom. The summed E-state index contributed by atoms with van der Waals surface area (Å²) in [6.07, 6.45) is 0.991. The molecule has 1 unspecified atom stereocenters. The molecule has 1 fully saturated rings. The molecule has 1 aliphatic rings. The first-order valence-electron chi connectivity index (χ1n) is 6.92. The van der Waals surface area contributed by atoms with Crippen molar-refractivity contribution < 1.29 is 0 Å². The monoisotopic (exact) mass is 247 g/mol. The number of piperazine rings is 1. The number of benzene rings is 1. The second-order valence-corrected chi connectivity index (χ2v) is 5.38. The Bertz CT molecular complexity index is 374. The fourth-order valence-electron chi connectivity index (χ4n) is 2.45. The molecule has 18 heavy (non-hydrogen) atoms. The lowest BCUT2D eigenvalue weighted by Gasteiger charge is -2.39. The van der Waals surface area contributed by atoms with Crippen LogP contribution in [-0.4, -0.2) is 37.6 Å². The van der Waals surface area contributed by atoms with Crippen LogP contribution < -0.4 is 10.6 Å². The molecule has 0 spiro atoms. The number of nitrogens with zero attached hydrogens (tertiary/aromatic N) is 2. The van der Waals surface area contributed by atoms with Crippen LogP contribution in [0.25, 0.3) is 0 Å². The molecule has 1 saturated heterocycles. The Balaban J connectivity index is 2.06. The maximum atomic E-state index is 6.04. The molecule has 100 valence electrons. The highest BCUT2D eigenvalue weighted by molar-refractivity contribution is 5.48. The molecule has 1 aromatic carbocycles. The quantitative estimate of drug-likeness (QED) is 0.889. The standard InChI is InChI=1S/C15H25N3/c1-4-15(16)13-5-7-14(8-6-13)18-10-9-17(3)12(2)11-18/h5-8,12,15H,4,9-11,16H2,1-3H3/t12?,15-/m1/s1. The van der Waals surface area contributed by atoms with Gasteiger partial charge in [-0.15, -0.1) is 0 Å². The minimum absolute atomic E-state index is 0.172. The maximum absolute atomic E-state index is 6.04. The van der Waals surface area contributed by atoms with Crippen molar-refractivity contribution in [3.05, 3.63) is 29.8 Å². The van der Waals surface area contributed by atoms with Gasteiger partial charge in [0.2, 0.25) is 0 Å². The molecule has 1 heterocycles. The topological polar surface area (TPSA) is 32.5 Å². The summed E-state index contributed by atoms with van der Waals surface area (Å²) in [6.45, 7) is 7.77. The van der Waals surface area contributed by atoms with E-state index >= 15 is 0 Å². The highest BCUT2D eigenvalue weighted by Gasteiger charge is 2.20. The zero-order chi connectivity index (χ0) is 13.1. The average molecular weight is 247 g/mol. The van der Waals surface area contributed by atoms with Crippen LogP contribution in [0.1, 0.15) is 31.9 Å². The Kier molecular flexibility index (Phi) is 4.25. The molecule has 1 aliphatic heterocycles. The lowest BCUT2D eigenvalue weighted by molar-refractivity contribution is 0.234. The molecule has 3 nitrogen and oxygen atoms in total. The summed E-state index contributed by atoms with van der Waals surface area (Å²) < 4.78 is 0.